The Morgan fingerprint density at radius 1 is 1.09 bits per heavy atom. The number of benzene rings is 3. The van der Waals surface area contributed by atoms with E-state index in [0.717, 1.165) is 65.8 Å². The van der Waals surface area contributed by atoms with Gasteiger partial charge in [0.2, 0.25) is 5.91 Å². The van der Waals surface area contributed by atoms with E-state index in [4.69, 9.17) is 10.7 Å². The van der Waals surface area contributed by atoms with Crippen LogP contribution in [0.4, 0.5) is 5.69 Å². The molecule has 3 aromatic carbocycles. The Balaban J connectivity index is 1.52. The van der Waals surface area contributed by atoms with E-state index in [1.165, 1.54) is 5.56 Å². The summed E-state index contributed by atoms with van der Waals surface area (Å²) in [4.78, 5) is 16.6. The zero-order valence-corrected chi connectivity index (χ0v) is 19.3. The molecule has 0 radical (unpaired) electrons. The summed E-state index contributed by atoms with van der Waals surface area (Å²) in [7, 11) is 0. The van der Waals surface area contributed by atoms with Gasteiger partial charge in [0.1, 0.15) is 5.82 Å². The highest BCUT2D eigenvalue weighted by atomic mass is 16.1. The van der Waals surface area contributed by atoms with Gasteiger partial charge in [-0.15, -0.1) is 0 Å². The highest BCUT2D eigenvalue weighted by Gasteiger charge is 2.17. The molecule has 6 nitrogen and oxygen atoms in total. The minimum atomic E-state index is -0.404. The van der Waals surface area contributed by atoms with Crippen LogP contribution in [0.2, 0.25) is 0 Å². The molecule has 0 bridgehead atoms. The predicted molar refractivity (Wildman–Crippen MR) is 135 cm³/mol. The predicted octanol–water partition coefficient (Wildman–Crippen LogP) is 4.62. The number of anilines is 1. The van der Waals surface area contributed by atoms with Crippen molar-refractivity contribution < 1.29 is 4.79 Å². The Morgan fingerprint density at radius 2 is 1.88 bits per heavy atom. The third-order valence-corrected chi connectivity index (χ3v) is 6.53. The highest BCUT2D eigenvalue weighted by molar-refractivity contribution is 5.97. The van der Waals surface area contributed by atoms with E-state index >= 15 is 0 Å². The van der Waals surface area contributed by atoms with Gasteiger partial charge in [-0.1, -0.05) is 32.0 Å². The van der Waals surface area contributed by atoms with Crippen molar-refractivity contribution in [3.05, 3.63) is 71.5 Å². The molecule has 1 aliphatic heterocycles. The summed E-state index contributed by atoms with van der Waals surface area (Å²) in [6.45, 7) is 7.22. The lowest BCUT2D eigenvalue weighted by molar-refractivity contribution is 0.100. The van der Waals surface area contributed by atoms with Crippen molar-refractivity contribution >= 4 is 33.4 Å². The van der Waals surface area contributed by atoms with Gasteiger partial charge in [-0.25, -0.2) is 4.98 Å². The van der Waals surface area contributed by atoms with Crippen LogP contribution in [0.5, 0.6) is 0 Å². The molecule has 1 aliphatic rings. The maximum Gasteiger partial charge on any atom is 0.248 e. The van der Waals surface area contributed by atoms with Crippen LogP contribution in [0.25, 0.3) is 21.8 Å². The summed E-state index contributed by atoms with van der Waals surface area (Å²) in [6, 6.07) is 19.0. The van der Waals surface area contributed by atoms with Crippen LogP contribution in [0.3, 0.4) is 0 Å². The summed E-state index contributed by atoms with van der Waals surface area (Å²) < 4.78 is 2.33. The van der Waals surface area contributed by atoms with E-state index in [0.29, 0.717) is 17.5 Å². The van der Waals surface area contributed by atoms with Gasteiger partial charge >= 0.3 is 0 Å². The SMILES string of the molecule is CC(C)c1nc2ccc(NC3CCNCC3)cc2n1Cc1ccc2ccc(C(N)=O)cc2c1. The zero-order valence-electron chi connectivity index (χ0n) is 19.3. The van der Waals surface area contributed by atoms with Crippen molar-refractivity contribution in [2.75, 3.05) is 18.4 Å². The molecule has 1 amide bonds. The van der Waals surface area contributed by atoms with Gasteiger partial charge in [0, 0.05) is 29.8 Å². The third-order valence-electron chi connectivity index (χ3n) is 6.53. The van der Waals surface area contributed by atoms with Gasteiger partial charge in [-0.05, 0) is 78.7 Å². The number of imidazole rings is 1. The lowest BCUT2D eigenvalue weighted by Crippen LogP contribution is -2.35. The summed E-state index contributed by atoms with van der Waals surface area (Å²) >= 11 is 0. The molecule has 0 unspecified atom stereocenters. The van der Waals surface area contributed by atoms with Crippen LogP contribution in [-0.2, 0) is 6.54 Å². The van der Waals surface area contributed by atoms with E-state index in [9.17, 15) is 4.79 Å². The van der Waals surface area contributed by atoms with Gasteiger partial charge in [-0.2, -0.15) is 0 Å². The molecular weight excluding hydrogens is 410 g/mol. The molecule has 0 aliphatic carbocycles. The largest absolute Gasteiger partial charge is 0.382 e. The number of rotatable bonds is 6. The summed E-state index contributed by atoms with van der Waals surface area (Å²) in [5.41, 5.74) is 10.5. The zero-order chi connectivity index (χ0) is 22.9. The number of aromatic nitrogens is 2. The number of hydrogen-bond donors (Lipinski definition) is 3. The van der Waals surface area contributed by atoms with Crippen LogP contribution >= 0.6 is 0 Å². The van der Waals surface area contributed by atoms with Crippen LogP contribution in [0.1, 0.15) is 54.4 Å². The fourth-order valence-electron chi connectivity index (χ4n) is 4.77. The Kier molecular flexibility index (Phi) is 5.77. The molecule has 0 atom stereocenters. The maximum atomic E-state index is 11.6. The second-order valence-electron chi connectivity index (χ2n) is 9.34. The van der Waals surface area contributed by atoms with Crippen molar-refractivity contribution in [3.8, 4) is 0 Å². The number of fused-ring (bicyclic) bond motifs is 2. The first-order valence-electron chi connectivity index (χ1n) is 11.8. The summed E-state index contributed by atoms with van der Waals surface area (Å²) in [6.07, 6.45) is 2.28. The number of primary amides is 1. The van der Waals surface area contributed by atoms with Gasteiger partial charge in [0.25, 0.3) is 0 Å². The molecule has 2 heterocycles. The Bertz CT molecular complexity index is 1320. The van der Waals surface area contributed by atoms with Crippen molar-refractivity contribution in [1.29, 1.82) is 0 Å². The molecule has 1 aromatic heterocycles. The number of piperidine rings is 1. The molecule has 5 rings (SSSR count). The number of nitrogens with two attached hydrogens (primary N) is 1. The lowest BCUT2D eigenvalue weighted by atomic mass is 10.0. The molecule has 0 spiro atoms. The number of nitrogens with zero attached hydrogens (tertiary/aromatic N) is 2. The third kappa shape index (κ3) is 4.44. The lowest BCUT2D eigenvalue weighted by Gasteiger charge is -2.24. The Hall–Kier alpha value is -3.38. The van der Waals surface area contributed by atoms with Gasteiger partial charge in [-0.3, -0.25) is 4.79 Å². The first kappa shape index (κ1) is 21.5. The fraction of sp³-hybridized carbons (Fsp3) is 0.333. The number of amides is 1. The highest BCUT2D eigenvalue weighted by Crippen LogP contribution is 2.27. The second kappa shape index (κ2) is 8.87. The van der Waals surface area contributed by atoms with E-state index in [1.54, 1.807) is 6.07 Å². The van der Waals surface area contributed by atoms with E-state index in [-0.39, 0.29) is 0 Å². The normalized spacial score (nSPS) is 14.9. The number of hydrogen-bond acceptors (Lipinski definition) is 4. The number of carbonyl (C=O) groups is 1. The van der Waals surface area contributed by atoms with Crippen LogP contribution in [0, 0.1) is 0 Å². The smallest absolute Gasteiger partial charge is 0.248 e. The van der Waals surface area contributed by atoms with Crippen molar-refractivity contribution in [2.24, 2.45) is 5.73 Å². The Morgan fingerprint density at radius 3 is 2.64 bits per heavy atom. The molecule has 0 saturated carbocycles. The van der Waals surface area contributed by atoms with E-state index in [2.05, 4.69) is 65.4 Å². The molecule has 170 valence electrons. The average molecular weight is 442 g/mol. The monoisotopic (exact) mass is 441 g/mol. The number of carbonyl (C=O) groups excluding carboxylic acids is 1. The average Bonchev–Trinajstić information content (AvgIpc) is 3.17. The molecule has 1 fully saturated rings. The van der Waals surface area contributed by atoms with E-state index in [1.807, 2.05) is 12.1 Å². The molecule has 4 aromatic rings. The number of nitrogens with one attached hydrogen (secondary N) is 2. The molecule has 1 saturated heterocycles. The molecule has 6 heteroatoms. The second-order valence-corrected chi connectivity index (χ2v) is 9.34. The van der Waals surface area contributed by atoms with Crippen LogP contribution < -0.4 is 16.4 Å². The fourth-order valence-corrected chi connectivity index (χ4v) is 4.77. The first-order chi connectivity index (χ1) is 16.0. The van der Waals surface area contributed by atoms with Gasteiger partial charge in [0.15, 0.2) is 0 Å². The molecule has 33 heavy (non-hydrogen) atoms. The van der Waals surface area contributed by atoms with Crippen LogP contribution in [-0.4, -0.2) is 34.6 Å². The van der Waals surface area contributed by atoms with Crippen LogP contribution in [0.15, 0.2) is 54.6 Å². The van der Waals surface area contributed by atoms with Crippen molar-refractivity contribution in [1.82, 2.24) is 14.9 Å². The minimum absolute atomic E-state index is 0.306. The minimum Gasteiger partial charge on any atom is -0.382 e. The van der Waals surface area contributed by atoms with Gasteiger partial charge < -0.3 is 20.9 Å². The Labute approximate surface area is 194 Å². The van der Waals surface area contributed by atoms with Crippen molar-refractivity contribution in [2.45, 2.75) is 45.2 Å². The summed E-state index contributed by atoms with van der Waals surface area (Å²) in [5.74, 6) is 0.980. The van der Waals surface area contributed by atoms with Gasteiger partial charge in [0.05, 0.1) is 11.0 Å². The molecular formula is C27H31N5O. The first-order valence-corrected chi connectivity index (χ1v) is 11.8. The van der Waals surface area contributed by atoms with E-state index < -0.39 is 5.91 Å². The van der Waals surface area contributed by atoms with Crippen molar-refractivity contribution in [3.63, 3.8) is 0 Å². The maximum absolute atomic E-state index is 11.6. The quantitative estimate of drug-likeness (QED) is 0.407. The summed E-state index contributed by atoms with van der Waals surface area (Å²) in [5, 5.41) is 9.26. The topological polar surface area (TPSA) is 85.0 Å². The standard InChI is InChI=1S/C27H31N5O/c1-17(2)27-31-24-8-7-23(30-22-9-11-29-12-10-22)15-25(24)32(27)16-18-3-4-19-5-6-20(26(28)33)14-21(19)13-18/h3-8,13-15,17,22,29-30H,9-12,16H2,1-2H3,(H2,28,33). The molecule has 4 N–H and O–H groups in total.